The van der Waals surface area contributed by atoms with Crippen LogP contribution in [0.5, 0.6) is 5.75 Å². The lowest BCUT2D eigenvalue weighted by molar-refractivity contribution is -0.136. The third kappa shape index (κ3) is 8.94. The molecule has 3 aliphatic rings. The SMILES string of the molecule is COc1cc(CCN2CCN(CCNc3cccc4c3C(=O)N(C3CCC(=O)NC3=O)C4=O)CC2)c(C)cc1Nc1ncc(Cl)c(Nc2ccccc2S(=O)(=O)C(C)C)n1. The summed E-state index contributed by atoms with van der Waals surface area (Å²) in [5.41, 5.74) is 4.30. The minimum absolute atomic E-state index is 0.0694. The van der Waals surface area contributed by atoms with Crippen molar-refractivity contribution in [2.24, 2.45) is 0 Å². The molecule has 4 aromatic rings. The second-order valence-corrected chi connectivity index (χ2v) is 18.1. The average Bonchev–Trinajstić information content (AvgIpc) is 3.48. The molecular formula is C42H48ClN9O7S. The maximum atomic E-state index is 13.4. The normalized spacial score (nSPS) is 17.5. The Labute approximate surface area is 353 Å². The molecule has 7 rings (SSSR count). The lowest BCUT2D eigenvalue weighted by Crippen LogP contribution is -2.54. The van der Waals surface area contributed by atoms with Crippen LogP contribution in [0.2, 0.25) is 5.02 Å². The molecule has 4 N–H and O–H groups in total. The number of piperazine rings is 1. The van der Waals surface area contributed by atoms with Crippen molar-refractivity contribution >= 4 is 73.9 Å². The minimum atomic E-state index is -3.58. The summed E-state index contributed by atoms with van der Waals surface area (Å²) in [4.78, 5) is 65.6. The van der Waals surface area contributed by atoms with Crippen LogP contribution in [-0.2, 0) is 25.8 Å². The number of aromatic nitrogens is 2. The lowest BCUT2D eigenvalue weighted by Gasteiger charge is -2.35. The predicted octanol–water partition coefficient (Wildman–Crippen LogP) is 4.79. The number of rotatable bonds is 15. The topological polar surface area (TPSA) is 195 Å². The third-order valence-corrected chi connectivity index (χ3v) is 13.6. The highest BCUT2D eigenvalue weighted by Crippen LogP contribution is 2.35. The highest BCUT2D eigenvalue weighted by atomic mass is 35.5. The zero-order chi connectivity index (χ0) is 42.7. The monoisotopic (exact) mass is 857 g/mol. The highest BCUT2D eigenvalue weighted by molar-refractivity contribution is 7.92. The summed E-state index contributed by atoms with van der Waals surface area (Å²) in [6, 6.07) is 14.7. The number of nitrogens with one attached hydrogen (secondary N) is 4. The van der Waals surface area contributed by atoms with E-state index in [-0.39, 0.29) is 45.7 Å². The first kappa shape index (κ1) is 42.5. The van der Waals surface area contributed by atoms with E-state index in [1.54, 1.807) is 63.4 Å². The second kappa shape index (κ2) is 17.9. The van der Waals surface area contributed by atoms with Crippen molar-refractivity contribution in [3.63, 3.8) is 0 Å². The number of carbonyl (C=O) groups excluding carboxylic acids is 4. The fraction of sp³-hybridized carbons (Fsp3) is 0.381. The molecule has 0 bridgehead atoms. The Morgan fingerprint density at radius 2 is 1.63 bits per heavy atom. The van der Waals surface area contributed by atoms with E-state index < -0.39 is 44.8 Å². The van der Waals surface area contributed by atoms with Crippen molar-refractivity contribution in [1.29, 1.82) is 0 Å². The summed E-state index contributed by atoms with van der Waals surface area (Å²) in [6.07, 6.45) is 2.44. The minimum Gasteiger partial charge on any atom is -0.495 e. The van der Waals surface area contributed by atoms with Gasteiger partial charge >= 0.3 is 0 Å². The van der Waals surface area contributed by atoms with Gasteiger partial charge < -0.3 is 25.6 Å². The Bertz CT molecular complexity index is 2440. The molecule has 2 fully saturated rings. The number of anilines is 5. The first-order valence-corrected chi connectivity index (χ1v) is 21.8. The number of ether oxygens (including phenoxy) is 1. The van der Waals surface area contributed by atoms with E-state index in [2.05, 4.69) is 41.0 Å². The molecule has 0 radical (unpaired) electrons. The summed E-state index contributed by atoms with van der Waals surface area (Å²) in [7, 11) is -1.97. The van der Waals surface area contributed by atoms with Gasteiger partial charge in [-0.3, -0.25) is 34.3 Å². The summed E-state index contributed by atoms with van der Waals surface area (Å²) in [6.45, 7) is 11.0. The van der Waals surface area contributed by atoms with Gasteiger partial charge in [-0.05, 0) is 81.1 Å². The van der Waals surface area contributed by atoms with Gasteiger partial charge in [0, 0.05) is 57.9 Å². The number of nitrogens with zero attached hydrogens (tertiary/aromatic N) is 5. The number of benzene rings is 3. The molecule has 1 atom stereocenters. The van der Waals surface area contributed by atoms with Gasteiger partial charge in [0.05, 0.1) is 46.0 Å². The maximum absolute atomic E-state index is 13.4. The van der Waals surface area contributed by atoms with E-state index in [9.17, 15) is 27.6 Å². The van der Waals surface area contributed by atoms with Crippen LogP contribution in [0, 0.1) is 6.92 Å². The molecule has 3 aliphatic heterocycles. The fourth-order valence-corrected chi connectivity index (χ4v) is 8.97. The molecule has 1 unspecified atom stereocenters. The van der Waals surface area contributed by atoms with E-state index in [4.69, 9.17) is 16.3 Å². The molecule has 316 valence electrons. The Morgan fingerprint density at radius 1 is 0.917 bits per heavy atom. The molecule has 16 nitrogen and oxygen atoms in total. The van der Waals surface area contributed by atoms with Crippen LogP contribution >= 0.6 is 11.6 Å². The summed E-state index contributed by atoms with van der Waals surface area (Å²) in [5.74, 6) is -0.979. The van der Waals surface area contributed by atoms with Gasteiger partial charge in [0.2, 0.25) is 17.8 Å². The van der Waals surface area contributed by atoms with Crippen molar-refractivity contribution in [2.45, 2.75) is 56.2 Å². The smallest absolute Gasteiger partial charge is 0.264 e. The van der Waals surface area contributed by atoms with Crippen LogP contribution in [-0.4, -0.2) is 121 Å². The van der Waals surface area contributed by atoms with Gasteiger partial charge in [0.15, 0.2) is 15.7 Å². The van der Waals surface area contributed by atoms with E-state index in [0.717, 1.165) is 61.7 Å². The molecular weight excluding hydrogens is 810 g/mol. The molecule has 60 heavy (non-hydrogen) atoms. The number of aryl methyl sites for hydroxylation is 1. The van der Waals surface area contributed by atoms with E-state index in [1.807, 2.05) is 19.1 Å². The van der Waals surface area contributed by atoms with E-state index in [1.165, 1.54) is 6.20 Å². The first-order valence-electron chi connectivity index (χ1n) is 19.8. The van der Waals surface area contributed by atoms with Gasteiger partial charge in [0.25, 0.3) is 11.8 Å². The van der Waals surface area contributed by atoms with Crippen molar-refractivity contribution in [1.82, 2.24) is 30.0 Å². The van der Waals surface area contributed by atoms with Crippen molar-refractivity contribution in [2.75, 3.05) is 68.9 Å². The molecule has 4 amide bonds. The number of hydrogen-bond acceptors (Lipinski definition) is 14. The lowest BCUT2D eigenvalue weighted by atomic mass is 10.0. The van der Waals surface area contributed by atoms with Gasteiger partial charge in [-0.25, -0.2) is 13.4 Å². The van der Waals surface area contributed by atoms with E-state index >= 15 is 0 Å². The number of fused-ring (bicyclic) bond motifs is 1. The van der Waals surface area contributed by atoms with Crippen LogP contribution in [0.25, 0.3) is 0 Å². The maximum Gasteiger partial charge on any atom is 0.264 e. The number of amides is 4. The van der Waals surface area contributed by atoms with Crippen LogP contribution in [0.3, 0.4) is 0 Å². The third-order valence-electron chi connectivity index (χ3n) is 11.1. The molecule has 1 aromatic heterocycles. The van der Waals surface area contributed by atoms with Crippen molar-refractivity contribution < 1.29 is 32.3 Å². The molecule has 0 saturated carbocycles. The Kier molecular flexibility index (Phi) is 12.7. The zero-order valence-electron chi connectivity index (χ0n) is 33.9. The summed E-state index contributed by atoms with van der Waals surface area (Å²) >= 11 is 6.46. The zero-order valence-corrected chi connectivity index (χ0v) is 35.5. The Balaban J connectivity index is 0.910. The Morgan fingerprint density at radius 3 is 2.35 bits per heavy atom. The standard InChI is InChI=1S/C42H48ClN9O7S/c1-25(2)60(57,58)35-11-6-5-9-30(35)46-38-29(43)24-45-42(49-38)47-32-22-26(3)27(23-34(32)59-4)14-16-50-18-20-51(21-19-50)17-15-44-31-10-7-8-28-37(31)41(56)52(40(28)55)33-12-13-36(53)48-39(33)54/h5-11,22-25,33,44H,12-21H2,1-4H3,(H,48,53,54)(H2,45,46,47,49). The first-order chi connectivity index (χ1) is 28.7. The van der Waals surface area contributed by atoms with Crippen molar-refractivity contribution in [3.8, 4) is 5.75 Å². The van der Waals surface area contributed by atoms with Crippen LogP contribution < -0.4 is 26.0 Å². The number of imide groups is 2. The summed E-state index contributed by atoms with van der Waals surface area (Å²) in [5, 5.41) is 11.5. The average molecular weight is 858 g/mol. The molecule has 0 aliphatic carbocycles. The van der Waals surface area contributed by atoms with E-state index in [0.29, 0.717) is 29.4 Å². The molecule has 0 spiro atoms. The van der Waals surface area contributed by atoms with Gasteiger partial charge in [-0.15, -0.1) is 0 Å². The fourth-order valence-electron chi connectivity index (χ4n) is 7.63. The molecule has 18 heteroatoms. The number of methoxy groups -OCH3 is 1. The highest BCUT2D eigenvalue weighted by Gasteiger charge is 2.45. The number of hydrogen-bond donors (Lipinski definition) is 4. The predicted molar refractivity (Wildman–Crippen MR) is 228 cm³/mol. The Hall–Kier alpha value is -5.62. The van der Waals surface area contributed by atoms with Gasteiger partial charge in [-0.2, -0.15) is 4.98 Å². The molecule has 2 saturated heterocycles. The van der Waals surface area contributed by atoms with Crippen LogP contribution in [0.4, 0.5) is 28.8 Å². The number of para-hydroxylation sites is 1. The van der Waals surface area contributed by atoms with Crippen LogP contribution in [0.1, 0.15) is 58.5 Å². The largest absolute Gasteiger partial charge is 0.495 e. The van der Waals surface area contributed by atoms with Gasteiger partial charge in [-0.1, -0.05) is 29.8 Å². The molecule has 4 heterocycles. The van der Waals surface area contributed by atoms with Gasteiger partial charge in [0.1, 0.15) is 16.8 Å². The summed E-state index contributed by atoms with van der Waals surface area (Å²) < 4.78 is 31.8. The molecule has 3 aromatic carbocycles. The number of halogens is 1. The number of sulfone groups is 1. The number of carbonyl (C=O) groups is 4. The number of piperidine rings is 1. The second-order valence-electron chi connectivity index (χ2n) is 15.2. The van der Waals surface area contributed by atoms with Crippen molar-refractivity contribution in [3.05, 3.63) is 88.1 Å². The van der Waals surface area contributed by atoms with Crippen LogP contribution in [0.15, 0.2) is 65.7 Å². The quantitative estimate of drug-likeness (QED) is 0.119.